The number of aromatic nitrogens is 2. The van der Waals surface area contributed by atoms with Crippen LogP contribution in [-0.4, -0.2) is 21.9 Å². The van der Waals surface area contributed by atoms with Crippen LogP contribution in [0.3, 0.4) is 0 Å². The van der Waals surface area contributed by atoms with Crippen molar-refractivity contribution in [3.8, 4) is 11.4 Å². The number of nitrogens with one attached hydrogen (secondary N) is 1. The van der Waals surface area contributed by atoms with Gasteiger partial charge >= 0.3 is 0 Å². The number of halogens is 2. The molecule has 142 valence electrons. The SMILES string of the molecule is Cl.Cl.NC1C2CCCC1CC(C(=O)Nc1nc(-c3ccccn3)cs1)C2. The minimum atomic E-state index is 0. The summed E-state index contributed by atoms with van der Waals surface area (Å²) in [5.74, 6) is 1.19. The van der Waals surface area contributed by atoms with Crippen LogP contribution in [0.4, 0.5) is 5.13 Å². The van der Waals surface area contributed by atoms with Gasteiger partial charge in [-0.2, -0.15) is 0 Å². The van der Waals surface area contributed by atoms with Gasteiger partial charge in [-0.3, -0.25) is 9.78 Å². The maximum Gasteiger partial charge on any atom is 0.229 e. The lowest BCUT2D eigenvalue weighted by molar-refractivity contribution is -0.122. The minimum Gasteiger partial charge on any atom is -0.327 e. The Hall–Kier alpha value is -1.21. The van der Waals surface area contributed by atoms with Crippen molar-refractivity contribution in [3.63, 3.8) is 0 Å². The van der Waals surface area contributed by atoms with Gasteiger partial charge in [-0.05, 0) is 49.7 Å². The lowest BCUT2D eigenvalue weighted by atomic mass is 9.65. The number of nitrogens with zero attached hydrogens (tertiary/aromatic N) is 2. The van der Waals surface area contributed by atoms with E-state index in [2.05, 4.69) is 15.3 Å². The molecule has 0 aliphatic heterocycles. The highest BCUT2D eigenvalue weighted by molar-refractivity contribution is 7.14. The van der Waals surface area contributed by atoms with Gasteiger partial charge in [-0.25, -0.2) is 4.98 Å². The molecule has 8 heteroatoms. The largest absolute Gasteiger partial charge is 0.327 e. The highest BCUT2D eigenvalue weighted by atomic mass is 35.5. The number of rotatable bonds is 3. The fourth-order valence-corrected chi connectivity index (χ4v) is 4.88. The van der Waals surface area contributed by atoms with E-state index in [-0.39, 0.29) is 36.6 Å². The molecule has 2 aromatic heterocycles. The maximum absolute atomic E-state index is 12.7. The van der Waals surface area contributed by atoms with Gasteiger partial charge in [0, 0.05) is 23.5 Å². The number of anilines is 1. The predicted molar refractivity (Wildman–Crippen MR) is 110 cm³/mol. The molecule has 2 aromatic rings. The summed E-state index contributed by atoms with van der Waals surface area (Å²) in [5, 5.41) is 5.59. The number of hydrogen-bond donors (Lipinski definition) is 2. The van der Waals surface area contributed by atoms with Crippen molar-refractivity contribution in [3.05, 3.63) is 29.8 Å². The fraction of sp³-hybridized carbons (Fsp3) is 0.500. The zero-order valence-corrected chi connectivity index (χ0v) is 16.8. The number of nitrogens with two attached hydrogens (primary N) is 1. The van der Waals surface area contributed by atoms with E-state index in [1.807, 2.05) is 23.6 Å². The molecule has 2 aliphatic rings. The molecule has 3 N–H and O–H groups in total. The van der Waals surface area contributed by atoms with Crippen LogP contribution in [-0.2, 0) is 4.79 Å². The summed E-state index contributed by atoms with van der Waals surface area (Å²) in [6.07, 6.45) is 7.18. The summed E-state index contributed by atoms with van der Waals surface area (Å²) in [4.78, 5) is 21.4. The fourth-order valence-electron chi connectivity index (χ4n) is 4.17. The van der Waals surface area contributed by atoms with E-state index in [1.165, 1.54) is 30.6 Å². The minimum absolute atomic E-state index is 0. The first-order chi connectivity index (χ1) is 11.7. The molecule has 0 saturated heterocycles. The zero-order valence-electron chi connectivity index (χ0n) is 14.3. The first-order valence-corrected chi connectivity index (χ1v) is 9.52. The van der Waals surface area contributed by atoms with E-state index in [0.717, 1.165) is 24.2 Å². The Bertz CT molecular complexity index is 713. The molecule has 2 atom stereocenters. The van der Waals surface area contributed by atoms with Crippen LogP contribution in [0.25, 0.3) is 11.4 Å². The Labute approximate surface area is 170 Å². The van der Waals surface area contributed by atoms with Gasteiger partial charge in [0.2, 0.25) is 5.91 Å². The summed E-state index contributed by atoms with van der Waals surface area (Å²) in [7, 11) is 0. The first kappa shape index (κ1) is 21.1. The quantitative estimate of drug-likeness (QED) is 0.790. The van der Waals surface area contributed by atoms with Crippen LogP contribution in [0.2, 0.25) is 0 Å². The monoisotopic (exact) mass is 414 g/mol. The summed E-state index contributed by atoms with van der Waals surface area (Å²) in [6.45, 7) is 0. The lowest BCUT2D eigenvalue weighted by Gasteiger charge is -2.43. The highest BCUT2D eigenvalue weighted by Crippen LogP contribution is 2.42. The Balaban J connectivity index is 0.00000121. The molecule has 2 unspecified atom stereocenters. The van der Waals surface area contributed by atoms with E-state index < -0.39 is 0 Å². The Morgan fingerprint density at radius 1 is 1.15 bits per heavy atom. The zero-order chi connectivity index (χ0) is 16.5. The molecule has 26 heavy (non-hydrogen) atoms. The topological polar surface area (TPSA) is 80.9 Å². The number of pyridine rings is 1. The molecule has 2 fully saturated rings. The number of carbonyl (C=O) groups is 1. The average Bonchev–Trinajstić information content (AvgIpc) is 3.04. The van der Waals surface area contributed by atoms with Crippen molar-refractivity contribution in [1.29, 1.82) is 0 Å². The van der Waals surface area contributed by atoms with Crippen LogP contribution in [0.1, 0.15) is 32.1 Å². The van der Waals surface area contributed by atoms with Crippen molar-refractivity contribution in [1.82, 2.24) is 9.97 Å². The predicted octanol–water partition coefficient (Wildman–Crippen LogP) is 4.14. The van der Waals surface area contributed by atoms with Crippen LogP contribution < -0.4 is 11.1 Å². The third kappa shape index (κ3) is 4.36. The van der Waals surface area contributed by atoms with Crippen molar-refractivity contribution in [2.75, 3.05) is 5.32 Å². The summed E-state index contributed by atoms with van der Waals surface area (Å²) in [5.41, 5.74) is 7.95. The molecule has 0 aromatic carbocycles. The van der Waals surface area contributed by atoms with E-state index >= 15 is 0 Å². The third-order valence-corrected chi connectivity index (χ3v) is 6.20. The van der Waals surface area contributed by atoms with Crippen molar-refractivity contribution in [2.45, 2.75) is 38.1 Å². The molecule has 1 amide bonds. The molecule has 4 rings (SSSR count). The molecule has 5 nitrogen and oxygen atoms in total. The standard InChI is InChI=1S/C18H22N4OS.2ClH/c19-16-11-4-3-5-12(16)9-13(8-11)17(23)22-18-21-15(10-24-18)14-6-1-2-7-20-14;;/h1-2,6-7,10-13,16H,3-5,8-9,19H2,(H,21,22,23);2*1H. The van der Waals surface area contributed by atoms with Crippen molar-refractivity contribution < 1.29 is 4.79 Å². The van der Waals surface area contributed by atoms with E-state index in [0.29, 0.717) is 23.0 Å². The summed E-state index contributed by atoms with van der Waals surface area (Å²) >= 11 is 1.45. The number of thiazole rings is 1. The van der Waals surface area contributed by atoms with Crippen LogP contribution in [0.15, 0.2) is 29.8 Å². The Morgan fingerprint density at radius 2 is 1.88 bits per heavy atom. The first-order valence-electron chi connectivity index (χ1n) is 8.64. The van der Waals surface area contributed by atoms with Gasteiger partial charge < -0.3 is 11.1 Å². The van der Waals surface area contributed by atoms with Crippen LogP contribution in [0.5, 0.6) is 0 Å². The number of fused-ring (bicyclic) bond motifs is 2. The van der Waals surface area contributed by atoms with Gasteiger partial charge in [-0.15, -0.1) is 36.2 Å². The van der Waals surface area contributed by atoms with E-state index in [1.54, 1.807) is 6.20 Å². The lowest BCUT2D eigenvalue weighted by Crippen LogP contribution is -2.48. The van der Waals surface area contributed by atoms with Gasteiger partial charge in [0.05, 0.1) is 5.69 Å². The second-order valence-corrected chi connectivity index (χ2v) is 7.80. The summed E-state index contributed by atoms with van der Waals surface area (Å²) in [6, 6.07) is 6.02. The molecule has 0 spiro atoms. The molecule has 2 aliphatic carbocycles. The van der Waals surface area contributed by atoms with Crippen LogP contribution in [0, 0.1) is 17.8 Å². The molecule has 2 heterocycles. The Kier molecular flexibility index (Phi) is 7.41. The van der Waals surface area contributed by atoms with Gasteiger partial charge in [0.1, 0.15) is 5.69 Å². The molecule has 2 saturated carbocycles. The second-order valence-electron chi connectivity index (χ2n) is 6.94. The van der Waals surface area contributed by atoms with Crippen molar-refractivity contribution >= 4 is 47.2 Å². The maximum atomic E-state index is 12.7. The smallest absolute Gasteiger partial charge is 0.229 e. The normalized spacial score (nSPS) is 27.0. The molecular weight excluding hydrogens is 391 g/mol. The van der Waals surface area contributed by atoms with E-state index in [9.17, 15) is 4.79 Å². The number of amides is 1. The van der Waals surface area contributed by atoms with Crippen LogP contribution >= 0.6 is 36.2 Å². The average molecular weight is 415 g/mol. The van der Waals surface area contributed by atoms with Gasteiger partial charge in [0.25, 0.3) is 0 Å². The highest BCUT2D eigenvalue weighted by Gasteiger charge is 2.40. The van der Waals surface area contributed by atoms with E-state index in [4.69, 9.17) is 5.73 Å². The molecule has 2 bridgehead atoms. The molecule has 0 radical (unpaired) electrons. The number of hydrogen-bond acceptors (Lipinski definition) is 5. The third-order valence-electron chi connectivity index (χ3n) is 5.45. The Morgan fingerprint density at radius 3 is 2.54 bits per heavy atom. The van der Waals surface area contributed by atoms with Gasteiger partial charge in [-0.1, -0.05) is 12.5 Å². The summed E-state index contributed by atoms with van der Waals surface area (Å²) < 4.78 is 0. The van der Waals surface area contributed by atoms with Gasteiger partial charge in [0.15, 0.2) is 5.13 Å². The second kappa shape index (κ2) is 9.13. The molecular formula is C18H24Cl2N4OS. The number of carbonyl (C=O) groups excluding carboxylic acids is 1. The van der Waals surface area contributed by atoms with Crippen molar-refractivity contribution in [2.24, 2.45) is 23.5 Å².